The highest BCUT2D eigenvalue weighted by Gasteiger charge is 2.28. The summed E-state index contributed by atoms with van der Waals surface area (Å²) >= 11 is 0. The van der Waals surface area contributed by atoms with Crippen molar-refractivity contribution in [2.75, 3.05) is 0 Å². The number of primary amides is 1. The van der Waals surface area contributed by atoms with Crippen molar-refractivity contribution in [2.45, 2.75) is 19.4 Å². The summed E-state index contributed by atoms with van der Waals surface area (Å²) in [6.45, 7) is 2.07. The number of amides is 1. The van der Waals surface area contributed by atoms with E-state index >= 15 is 0 Å². The van der Waals surface area contributed by atoms with Gasteiger partial charge in [-0.15, -0.1) is 0 Å². The van der Waals surface area contributed by atoms with Crippen LogP contribution in [0.25, 0.3) is 17.2 Å². The van der Waals surface area contributed by atoms with Gasteiger partial charge in [0.2, 0.25) is 5.91 Å². The Morgan fingerprint density at radius 2 is 1.70 bits per heavy atom. The number of ether oxygens (including phenoxy) is 1. The summed E-state index contributed by atoms with van der Waals surface area (Å²) in [5.74, 6) is 0.252. The Morgan fingerprint density at radius 3 is 2.39 bits per heavy atom. The average molecular weight is 433 g/mol. The first-order valence-electron chi connectivity index (χ1n) is 10.9. The SMILES string of the molecule is Cc1ccc(-c2ccc3c(c2)C=C(C(N)=O)C(c2ccc(Cc4ccccn4)cc2)O3)cc1. The van der Waals surface area contributed by atoms with Gasteiger partial charge in [0.25, 0.3) is 0 Å². The number of aryl methyl sites for hydroxylation is 1. The molecule has 0 saturated carbocycles. The number of hydrogen-bond donors (Lipinski definition) is 1. The maximum Gasteiger partial charge on any atom is 0.248 e. The number of hydrogen-bond acceptors (Lipinski definition) is 3. The fourth-order valence-electron chi connectivity index (χ4n) is 4.10. The third kappa shape index (κ3) is 4.41. The lowest BCUT2D eigenvalue weighted by molar-refractivity contribution is -0.115. The summed E-state index contributed by atoms with van der Waals surface area (Å²) in [7, 11) is 0. The van der Waals surface area contributed by atoms with Crippen LogP contribution in [0.15, 0.2) is 96.7 Å². The van der Waals surface area contributed by atoms with E-state index in [1.165, 1.54) is 5.56 Å². The smallest absolute Gasteiger partial charge is 0.248 e. The Bertz CT molecular complexity index is 1320. The van der Waals surface area contributed by atoms with Gasteiger partial charge in [-0.2, -0.15) is 0 Å². The highest BCUT2D eigenvalue weighted by Crippen LogP contribution is 2.39. The molecule has 1 aliphatic heterocycles. The molecule has 1 aromatic heterocycles. The van der Waals surface area contributed by atoms with Gasteiger partial charge in [0.05, 0.1) is 5.57 Å². The van der Waals surface area contributed by atoms with E-state index < -0.39 is 12.0 Å². The van der Waals surface area contributed by atoms with E-state index in [0.29, 0.717) is 5.57 Å². The van der Waals surface area contributed by atoms with Gasteiger partial charge in [0.15, 0.2) is 6.10 Å². The molecule has 1 aliphatic rings. The van der Waals surface area contributed by atoms with Gasteiger partial charge in [0, 0.05) is 23.9 Å². The molecule has 0 fully saturated rings. The molecule has 1 unspecified atom stereocenters. The minimum atomic E-state index is -0.538. The zero-order valence-electron chi connectivity index (χ0n) is 18.4. The number of nitrogens with two attached hydrogens (primary N) is 1. The van der Waals surface area contributed by atoms with Gasteiger partial charge >= 0.3 is 0 Å². The van der Waals surface area contributed by atoms with E-state index in [2.05, 4.69) is 36.2 Å². The number of carbonyl (C=O) groups is 1. The number of pyridine rings is 1. The lowest BCUT2D eigenvalue weighted by atomic mass is 9.93. The molecule has 2 heterocycles. The van der Waals surface area contributed by atoms with Crippen LogP contribution in [0.4, 0.5) is 0 Å². The molecule has 2 N–H and O–H groups in total. The maximum atomic E-state index is 12.3. The highest BCUT2D eigenvalue weighted by molar-refractivity contribution is 5.99. The van der Waals surface area contributed by atoms with Crippen LogP contribution in [0.1, 0.15) is 34.1 Å². The lowest BCUT2D eigenvalue weighted by Crippen LogP contribution is -2.25. The lowest BCUT2D eigenvalue weighted by Gasteiger charge is -2.27. The third-order valence-corrected chi connectivity index (χ3v) is 5.91. The molecule has 0 radical (unpaired) electrons. The molecule has 0 saturated heterocycles. The van der Waals surface area contributed by atoms with Crippen LogP contribution in [0.5, 0.6) is 5.75 Å². The Balaban J connectivity index is 1.43. The average Bonchev–Trinajstić information content (AvgIpc) is 2.84. The molecular weight excluding hydrogens is 408 g/mol. The standard InChI is InChI=1S/C29H24N2O2/c1-19-5-9-21(10-6-19)23-13-14-27-24(17-23)18-26(29(30)32)28(33-27)22-11-7-20(8-12-22)16-25-4-2-3-15-31-25/h2-15,17-18,28H,16H2,1H3,(H2,30,32). The first-order chi connectivity index (χ1) is 16.1. The summed E-state index contributed by atoms with van der Waals surface area (Å²) in [6.07, 6.45) is 3.86. The van der Waals surface area contributed by atoms with Crippen molar-refractivity contribution in [1.29, 1.82) is 0 Å². The number of fused-ring (bicyclic) bond motifs is 1. The topological polar surface area (TPSA) is 65.2 Å². The fourth-order valence-corrected chi connectivity index (χ4v) is 4.10. The molecule has 4 aromatic rings. The molecule has 5 rings (SSSR count). The fraction of sp³-hybridized carbons (Fsp3) is 0.103. The summed E-state index contributed by atoms with van der Waals surface area (Å²) in [5, 5.41) is 0. The van der Waals surface area contributed by atoms with Crippen molar-refractivity contribution in [1.82, 2.24) is 4.98 Å². The summed E-state index contributed by atoms with van der Waals surface area (Å²) in [4.78, 5) is 16.7. The van der Waals surface area contributed by atoms with Crippen LogP contribution < -0.4 is 10.5 Å². The molecule has 0 spiro atoms. The molecule has 33 heavy (non-hydrogen) atoms. The molecule has 1 atom stereocenters. The highest BCUT2D eigenvalue weighted by atomic mass is 16.5. The van der Waals surface area contributed by atoms with Crippen LogP contribution in [-0.4, -0.2) is 10.9 Å². The summed E-state index contributed by atoms with van der Waals surface area (Å²) in [5.41, 5.74) is 13.5. The minimum absolute atomic E-state index is 0.445. The summed E-state index contributed by atoms with van der Waals surface area (Å²) < 4.78 is 6.28. The Kier molecular flexibility index (Phi) is 5.49. The molecular formula is C29H24N2O2. The number of nitrogens with zero attached hydrogens (tertiary/aromatic N) is 1. The van der Waals surface area contributed by atoms with Crippen LogP contribution in [0.3, 0.4) is 0 Å². The van der Waals surface area contributed by atoms with Gasteiger partial charge in [-0.05, 0) is 59.5 Å². The van der Waals surface area contributed by atoms with Crippen LogP contribution in [0, 0.1) is 6.92 Å². The third-order valence-electron chi connectivity index (χ3n) is 5.91. The maximum absolute atomic E-state index is 12.3. The second-order valence-electron chi connectivity index (χ2n) is 8.32. The van der Waals surface area contributed by atoms with Gasteiger partial charge in [-0.25, -0.2) is 0 Å². The number of aromatic nitrogens is 1. The predicted molar refractivity (Wildman–Crippen MR) is 131 cm³/mol. The van der Waals surface area contributed by atoms with E-state index in [4.69, 9.17) is 10.5 Å². The second-order valence-corrected chi connectivity index (χ2v) is 8.32. The van der Waals surface area contributed by atoms with Crippen molar-refractivity contribution in [3.63, 3.8) is 0 Å². The normalized spacial score (nSPS) is 14.7. The monoisotopic (exact) mass is 432 g/mol. The Labute approximate surface area is 193 Å². The molecule has 0 aliphatic carbocycles. The predicted octanol–water partition coefficient (Wildman–Crippen LogP) is 5.65. The van der Waals surface area contributed by atoms with Crippen LogP contribution in [-0.2, 0) is 11.2 Å². The number of carbonyl (C=O) groups excluding carboxylic acids is 1. The van der Waals surface area contributed by atoms with E-state index in [0.717, 1.165) is 45.7 Å². The van der Waals surface area contributed by atoms with Crippen molar-refractivity contribution < 1.29 is 9.53 Å². The van der Waals surface area contributed by atoms with E-state index in [-0.39, 0.29) is 0 Å². The molecule has 1 amide bonds. The van der Waals surface area contributed by atoms with Crippen molar-refractivity contribution in [2.24, 2.45) is 5.73 Å². The van der Waals surface area contributed by atoms with E-state index in [1.54, 1.807) is 6.20 Å². The zero-order chi connectivity index (χ0) is 22.8. The molecule has 4 nitrogen and oxygen atoms in total. The van der Waals surface area contributed by atoms with Crippen molar-refractivity contribution in [3.05, 3.63) is 125 Å². The van der Waals surface area contributed by atoms with Gasteiger partial charge in [0.1, 0.15) is 5.75 Å². The molecule has 162 valence electrons. The van der Waals surface area contributed by atoms with Crippen LogP contribution >= 0.6 is 0 Å². The van der Waals surface area contributed by atoms with Gasteiger partial charge < -0.3 is 10.5 Å². The first kappa shape index (κ1) is 20.7. The molecule has 0 bridgehead atoms. The minimum Gasteiger partial charge on any atom is -0.480 e. The van der Waals surface area contributed by atoms with Crippen LogP contribution in [0.2, 0.25) is 0 Å². The summed E-state index contributed by atoms with van der Waals surface area (Å²) in [6, 6.07) is 28.4. The van der Waals surface area contributed by atoms with E-state index in [9.17, 15) is 4.79 Å². The zero-order valence-corrected chi connectivity index (χ0v) is 18.4. The largest absolute Gasteiger partial charge is 0.480 e. The number of rotatable bonds is 5. The van der Waals surface area contributed by atoms with Crippen molar-refractivity contribution in [3.8, 4) is 16.9 Å². The second kappa shape index (κ2) is 8.75. The first-order valence-corrected chi connectivity index (χ1v) is 10.9. The Hall–Kier alpha value is -4.18. The van der Waals surface area contributed by atoms with Gasteiger partial charge in [-0.1, -0.05) is 66.2 Å². The quantitative estimate of drug-likeness (QED) is 0.443. The van der Waals surface area contributed by atoms with Gasteiger partial charge in [-0.3, -0.25) is 9.78 Å². The number of benzene rings is 3. The molecule has 4 heteroatoms. The Morgan fingerprint density at radius 1 is 0.939 bits per heavy atom. The molecule has 3 aromatic carbocycles. The van der Waals surface area contributed by atoms with E-state index in [1.807, 2.05) is 66.7 Å². The van der Waals surface area contributed by atoms with Crippen molar-refractivity contribution >= 4 is 12.0 Å².